The van der Waals surface area contributed by atoms with E-state index < -0.39 is 0 Å². The molecular weight excluding hydrogens is 232 g/mol. The molecule has 0 aliphatic heterocycles. The van der Waals surface area contributed by atoms with Crippen LogP contribution in [0.1, 0.15) is 31.2 Å². The first-order valence-electron chi connectivity index (χ1n) is 5.65. The molecule has 18 heavy (non-hydrogen) atoms. The minimum Gasteiger partial charge on any atom is -0.468 e. The zero-order valence-corrected chi connectivity index (χ0v) is 10.4. The molecule has 1 aromatic carbocycles. The Labute approximate surface area is 106 Å². The number of aromatic nitrogens is 2. The quantitative estimate of drug-likeness (QED) is 0.777. The highest BCUT2D eigenvalue weighted by Gasteiger charge is 2.12. The first kappa shape index (κ1) is 13.9. The van der Waals surface area contributed by atoms with Crippen molar-refractivity contribution >= 4 is 6.47 Å². The van der Waals surface area contributed by atoms with E-state index in [9.17, 15) is 4.79 Å². The lowest BCUT2D eigenvalue weighted by Crippen LogP contribution is -1.95. The van der Waals surface area contributed by atoms with Crippen molar-refractivity contribution in [2.45, 2.75) is 19.8 Å². The summed E-state index contributed by atoms with van der Waals surface area (Å²) in [6.07, 6.45) is 1.36. The van der Waals surface area contributed by atoms with Crippen molar-refractivity contribution in [3.8, 4) is 0 Å². The second kappa shape index (κ2) is 8.00. The number of nitrogens with zero attached hydrogens (tertiary/aromatic N) is 2. The monoisotopic (exact) mass is 248 g/mol. The molecule has 0 N–H and O–H groups in total. The molecule has 1 heterocycles. The molecule has 2 aromatic rings. The van der Waals surface area contributed by atoms with E-state index in [0.717, 1.165) is 0 Å². The van der Waals surface area contributed by atoms with E-state index in [1.54, 1.807) is 6.92 Å². The summed E-state index contributed by atoms with van der Waals surface area (Å²) in [7, 11) is 0. The molecule has 0 aliphatic carbocycles. The average molecular weight is 248 g/mol. The van der Waals surface area contributed by atoms with Gasteiger partial charge in [-0.15, -0.1) is 10.2 Å². The third-order valence-corrected chi connectivity index (χ3v) is 2.28. The fourth-order valence-corrected chi connectivity index (χ4v) is 1.32. The van der Waals surface area contributed by atoms with Crippen molar-refractivity contribution in [2.75, 3.05) is 6.61 Å². The summed E-state index contributed by atoms with van der Waals surface area (Å²) < 4.78 is 9.28. The van der Waals surface area contributed by atoms with Crippen LogP contribution in [0.2, 0.25) is 0 Å². The zero-order chi connectivity index (χ0) is 13.2. The zero-order valence-electron chi connectivity index (χ0n) is 10.4. The van der Waals surface area contributed by atoms with Gasteiger partial charge in [-0.1, -0.05) is 30.3 Å². The molecule has 1 unspecified atom stereocenters. The molecule has 0 bridgehead atoms. The van der Waals surface area contributed by atoms with Crippen LogP contribution in [0, 0.1) is 0 Å². The van der Waals surface area contributed by atoms with Gasteiger partial charge in [0.15, 0.2) is 0 Å². The molecule has 96 valence electrons. The van der Waals surface area contributed by atoms with E-state index in [4.69, 9.17) is 4.42 Å². The maximum atomic E-state index is 9.18. The predicted molar refractivity (Wildman–Crippen MR) is 65.9 cm³/mol. The number of benzene rings is 1. The average Bonchev–Trinajstić information content (AvgIpc) is 2.94. The molecule has 0 saturated heterocycles. The van der Waals surface area contributed by atoms with Crippen LogP contribution in [-0.2, 0) is 9.53 Å². The molecule has 5 nitrogen and oxygen atoms in total. The van der Waals surface area contributed by atoms with E-state index in [-0.39, 0.29) is 5.92 Å². The largest absolute Gasteiger partial charge is 0.468 e. The summed E-state index contributed by atoms with van der Waals surface area (Å²) in [6, 6.07) is 10.1. The van der Waals surface area contributed by atoms with Gasteiger partial charge < -0.3 is 9.15 Å². The third-order valence-electron chi connectivity index (χ3n) is 2.28. The molecule has 0 spiro atoms. The second-order valence-corrected chi connectivity index (χ2v) is 3.46. The Balaban J connectivity index is 0.000000280. The Morgan fingerprint density at radius 3 is 2.56 bits per heavy atom. The predicted octanol–water partition coefficient (Wildman–Crippen LogP) is 2.40. The number of ether oxygens (including phenoxy) is 1. The standard InChI is InChI=1S/C10H10N2O.C3H6O2/c1-8(10-12-11-7-13-10)9-5-3-2-4-6-9;1-2-5-3-4/h2-8H,1H3;3H,2H2,1H3. The Morgan fingerprint density at radius 1 is 1.39 bits per heavy atom. The summed E-state index contributed by atoms with van der Waals surface area (Å²) in [6.45, 7) is 4.71. The van der Waals surface area contributed by atoms with Crippen molar-refractivity contribution in [3.63, 3.8) is 0 Å². The highest BCUT2D eigenvalue weighted by Crippen LogP contribution is 2.20. The molecule has 5 heteroatoms. The van der Waals surface area contributed by atoms with Crippen molar-refractivity contribution in [1.29, 1.82) is 0 Å². The van der Waals surface area contributed by atoms with E-state index >= 15 is 0 Å². The second-order valence-electron chi connectivity index (χ2n) is 3.46. The van der Waals surface area contributed by atoms with Crippen molar-refractivity contribution in [1.82, 2.24) is 10.2 Å². The molecule has 0 saturated carbocycles. The van der Waals surface area contributed by atoms with E-state index in [2.05, 4.69) is 27.1 Å². The van der Waals surface area contributed by atoms with Gasteiger partial charge in [0.1, 0.15) is 0 Å². The highest BCUT2D eigenvalue weighted by atomic mass is 16.5. The molecule has 1 aromatic heterocycles. The van der Waals surface area contributed by atoms with Gasteiger partial charge in [0.25, 0.3) is 6.47 Å². The highest BCUT2D eigenvalue weighted by molar-refractivity contribution is 5.36. The number of carbonyl (C=O) groups is 1. The molecule has 0 fully saturated rings. The summed E-state index contributed by atoms with van der Waals surface area (Å²) in [5.41, 5.74) is 1.19. The van der Waals surface area contributed by atoms with Crippen LogP contribution in [0.5, 0.6) is 0 Å². The maximum Gasteiger partial charge on any atom is 0.293 e. The van der Waals surface area contributed by atoms with Gasteiger partial charge in [-0.05, 0) is 19.4 Å². The molecule has 0 aliphatic rings. The first-order valence-corrected chi connectivity index (χ1v) is 5.65. The lowest BCUT2D eigenvalue weighted by atomic mass is 10.0. The summed E-state index contributed by atoms with van der Waals surface area (Å²) in [5.74, 6) is 0.829. The van der Waals surface area contributed by atoms with Crippen LogP contribution in [0.25, 0.3) is 0 Å². The fraction of sp³-hybridized carbons (Fsp3) is 0.308. The molecule has 2 rings (SSSR count). The number of carbonyl (C=O) groups excluding carboxylic acids is 1. The summed E-state index contributed by atoms with van der Waals surface area (Å²) in [5, 5.41) is 7.53. The Bertz CT molecular complexity index is 429. The number of rotatable bonds is 4. The smallest absolute Gasteiger partial charge is 0.293 e. The van der Waals surface area contributed by atoms with E-state index in [0.29, 0.717) is 19.0 Å². The van der Waals surface area contributed by atoms with Crippen LogP contribution in [-0.4, -0.2) is 23.3 Å². The Morgan fingerprint density at radius 2 is 2.11 bits per heavy atom. The normalized spacial score (nSPS) is 11.0. The fourth-order valence-electron chi connectivity index (χ4n) is 1.32. The summed E-state index contributed by atoms with van der Waals surface area (Å²) >= 11 is 0. The van der Waals surface area contributed by atoms with Gasteiger partial charge in [0.2, 0.25) is 12.3 Å². The maximum absolute atomic E-state index is 9.18. The topological polar surface area (TPSA) is 65.2 Å². The van der Waals surface area contributed by atoms with E-state index in [1.807, 2.05) is 25.1 Å². The van der Waals surface area contributed by atoms with Gasteiger partial charge >= 0.3 is 0 Å². The van der Waals surface area contributed by atoms with Crippen LogP contribution in [0.15, 0.2) is 41.1 Å². The number of hydrogen-bond donors (Lipinski definition) is 0. The van der Waals surface area contributed by atoms with Gasteiger partial charge in [0.05, 0.1) is 12.5 Å². The van der Waals surface area contributed by atoms with Gasteiger partial charge in [-0.25, -0.2) is 0 Å². The van der Waals surface area contributed by atoms with Crippen LogP contribution >= 0.6 is 0 Å². The summed E-state index contributed by atoms with van der Waals surface area (Å²) in [4.78, 5) is 9.18. The van der Waals surface area contributed by atoms with Gasteiger partial charge in [-0.3, -0.25) is 4.79 Å². The van der Waals surface area contributed by atoms with Crippen LogP contribution in [0.3, 0.4) is 0 Å². The van der Waals surface area contributed by atoms with Crippen LogP contribution < -0.4 is 0 Å². The molecule has 1 atom stereocenters. The Kier molecular flexibility index (Phi) is 6.17. The van der Waals surface area contributed by atoms with E-state index in [1.165, 1.54) is 12.0 Å². The minimum atomic E-state index is 0.170. The third kappa shape index (κ3) is 4.37. The van der Waals surface area contributed by atoms with Crippen molar-refractivity contribution in [3.05, 3.63) is 48.2 Å². The van der Waals surface area contributed by atoms with Gasteiger partial charge in [-0.2, -0.15) is 0 Å². The Hall–Kier alpha value is -2.17. The first-order chi connectivity index (χ1) is 8.79. The lowest BCUT2D eigenvalue weighted by Gasteiger charge is -2.05. The molecular formula is C13H16N2O3. The number of hydrogen-bond acceptors (Lipinski definition) is 5. The molecule has 0 amide bonds. The van der Waals surface area contributed by atoms with Gasteiger partial charge in [0, 0.05) is 0 Å². The minimum absolute atomic E-state index is 0.170. The van der Waals surface area contributed by atoms with Crippen molar-refractivity contribution in [2.24, 2.45) is 0 Å². The molecule has 0 radical (unpaired) electrons. The SMILES string of the molecule is CC(c1ccccc1)c1nnco1.CCOC=O. The lowest BCUT2D eigenvalue weighted by molar-refractivity contribution is -0.128. The van der Waals surface area contributed by atoms with Crippen LogP contribution in [0.4, 0.5) is 0 Å². The van der Waals surface area contributed by atoms with Crippen molar-refractivity contribution < 1.29 is 13.9 Å².